The number of hydrogen-bond donors (Lipinski definition) is 1. The number of para-hydroxylation sites is 1. The number of piperidine rings is 1. The molecule has 6 heteroatoms. The minimum Gasteiger partial charge on any atom is -0.324 e. The molecule has 0 saturated carbocycles. The number of carbonyl (C=O) groups excluding carboxylic acids is 1. The molecule has 0 atom stereocenters. The van der Waals surface area contributed by atoms with Crippen molar-refractivity contribution in [1.29, 1.82) is 0 Å². The number of rotatable bonds is 6. The van der Waals surface area contributed by atoms with Crippen LogP contribution in [0.1, 0.15) is 12.8 Å². The highest BCUT2D eigenvalue weighted by atomic mass is 16.2. The van der Waals surface area contributed by atoms with Gasteiger partial charge in [0.05, 0.1) is 12.7 Å². The first-order valence-electron chi connectivity index (χ1n) is 9.79. The van der Waals surface area contributed by atoms with Crippen LogP contribution in [0.25, 0.3) is 11.1 Å². The maximum atomic E-state index is 12.6. The summed E-state index contributed by atoms with van der Waals surface area (Å²) in [5.74, 6) is 0.637. The minimum atomic E-state index is 0.0399. The molecule has 1 amide bonds. The molecule has 144 valence electrons. The number of nitrogens with zero attached hydrogens (tertiary/aromatic N) is 4. The van der Waals surface area contributed by atoms with Crippen molar-refractivity contribution in [3.8, 4) is 11.1 Å². The summed E-state index contributed by atoms with van der Waals surface area (Å²) in [6.45, 7) is 3.21. The molecule has 1 aliphatic heterocycles. The van der Waals surface area contributed by atoms with Gasteiger partial charge in [-0.15, -0.1) is 5.10 Å². The molecule has 0 aliphatic carbocycles. The van der Waals surface area contributed by atoms with Crippen LogP contribution in [0.4, 0.5) is 5.69 Å². The van der Waals surface area contributed by atoms with Crippen LogP contribution >= 0.6 is 0 Å². The number of anilines is 1. The van der Waals surface area contributed by atoms with Gasteiger partial charge in [0, 0.05) is 24.0 Å². The van der Waals surface area contributed by atoms with E-state index in [2.05, 4.69) is 32.7 Å². The van der Waals surface area contributed by atoms with E-state index in [0.717, 1.165) is 49.3 Å². The van der Waals surface area contributed by atoms with Crippen LogP contribution in [-0.4, -0.2) is 45.4 Å². The summed E-state index contributed by atoms with van der Waals surface area (Å²) in [5, 5.41) is 11.0. The largest absolute Gasteiger partial charge is 0.324 e. The van der Waals surface area contributed by atoms with E-state index in [1.54, 1.807) is 6.20 Å². The van der Waals surface area contributed by atoms with E-state index < -0.39 is 0 Å². The van der Waals surface area contributed by atoms with Crippen molar-refractivity contribution in [3.05, 3.63) is 67.0 Å². The first kappa shape index (κ1) is 18.4. The highest BCUT2D eigenvalue weighted by molar-refractivity contribution is 5.96. The van der Waals surface area contributed by atoms with Crippen LogP contribution in [0.3, 0.4) is 0 Å². The smallest absolute Gasteiger partial charge is 0.238 e. The normalized spacial score (nSPS) is 15.4. The van der Waals surface area contributed by atoms with Crippen molar-refractivity contribution in [2.45, 2.75) is 19.4 Å². The zero-order valence-corrected chi connectivity index (χ0v) is 15.9. The van der Waals surface area contributed by atoms with Crippen LogP contribution in [0.2, 0.25) is 0 Å². The van der Waals surface area contributed by atoms with Gasteiger partial charge in [-0.25, -0.2) is 0 Å². The number of benzene rings is 2. The van der Waals surface area contributed by atoms with Crippen molar-refractivity contribution < 1.29 is 4.79 Å². The van der Waals surface area contributed by atoms with Gasteiger partial charge in [0.2, 0.25) is 5.91 Å². The predicted octanol–water partition coefficient (Wildman–Crippen LogP) is 3.30. The summed E-state index contributed by atoms with van der Waals surface area (Å²) >= 11 is 0. The highest BCUT2D eigenvalue weighted by Crippen LogP contribution is 2.27. The summed E-state index contributed by atoms with van der Waals surface area (Å²) in [5.41, 5.74) is 3.01. The number of hydrogen-bond acceptors (Lipinski definition) is 4. The van der Waals surface area contributed by atoms with E-state index in [4.69, 9.17) is 0 Å². The number of carbonyl (C=O) groups is 1. The molecule has 6 nitrogen and oxygen atoms in total. The number of nitrogens with one attached hydrogen (secondary N) is 1. The van der Waals surface area contributed by atoms with E-state index in [0.29, 0.717) is 12.5 Å². The van der Waals surface area contributed by atoms with E-state index in [9.17, 15) is 4.79 Å². The molecule has 3 aromatic rings. The predicted molar refractivity (Wildman–Crippen MR) is 110 cm³/mol. The Morgan fingerprint density at radius 3 is 2.54 bits per heavy atom. The molecule has 2 heterocycles. The lowest BCUT2D eigenvalue weighted by atomic mass is 9.97. The molecule has 1 aliphatic rings. The van der Waals surface area contributed by atoms with Crippen LogP contribution in [0.15, 0.2) is 67.0 Å². The summed E-state index contributed by atoms with van der Waals surface area (Å²) in [4.78, 5) is 14.9. The topological polar surface area (TPSA) is 63.1 Å². The Bertz CT molecular complexity index is 886. The van der Waals surface area contributed by atoms with Gasteiger partial charge >= 0.3 is 0 Å². The van der Waals surface area contributed by atoms with Crippen molar-refractivity contribution in [3.63, 3.8) is 0 Å². The van der Waals surface area contributed by atoms with Crippen LogP contribution in [-0.2, 0) is 11.3 Å². The summed E-state index contributed by atoms with van der Waals surface area (Å²) in [6, 6.07) is 18.1. The van der Waals surface area contributed by atoms with Crippen LogP contribution in [0.5, 0.6) is 0 Å². The molecule has 0 bridgehead atoms. The first-order chi connectivity index (χ1) is 13.8. The van der Waals surface area contributed by atoms with Gasteiger partial charge in [-0.05, 0) is 43.5 Å². The van der Waals surface area contributed by atoms with E-state index in [-0.39, 0.29) is 5.91 Å². The summed E-state index contributed by atoms with van der Waals surface area (Å²) in [7, 11) is 0. The average molecular weight is 375 g/mol. The second-order valence-electron chi connectivity index (χ2n) is 7.30. The monoisotopic (exact) mass is 375 g/mol. The molecule has 1 N–H and O–H groups in total. The van der Waals surface area contributed by atoms with Gasteiger partial charge in [0.15, 0.2) is 0 Å². The van der Waals surface area contributed by atoms with E-state index in [1.807, 2.05) is 53.3 Å². The molecular weight excluding hydrogens is 350 g/mol. The lowest BCUT2D eigenvalue weighted by Gasteiger charge is -2.31. The van der Waals surface area contributed by atoms with Gasteiger partial charge in [0.25, 0.3) is 0 Å². The fraction of sp³-hybridized carbons (Fsp3) is 0.318. The van der Waals surface area contributed by atoms with Crippen LogP contribution < -0.4 is 5.32 Å². The second-order valence-corrected chi connectivity index (χ2v) is 7.30. The Labute approximate surface area is 165 Å². The number of aromatic nitrogens is 3. The average Bonchev–Trinajstić information content (AvgIpc) is 3.24. The highest BCUT2D eigenvalue weighted by Gasteiger charge is 2.21. The number of amides is 1. The molecule has 4 rings (SSSR count). The van der Waals surface area contributed by atoms with Crippen molar-refractivity contribution in [2.24, 2.45) is 5.92 Å². The quantitative estimate of drug-likeness (QED) is 0.718. The summed E-state index contributed by atoms with van der Waals surface area (Å²) in [6.07, 6.45) is 5.78. The molecule has 1 saturated heterocycles. The van der Waals surface area contributed by atoms with E-state index in [1.165, 1.54) is 0 Å². The Balaban J connectivity index is 1.31. The zero-order valence-electron chi connectivity index (χ0n) is 15.9. The standard InChI is InChI=1S/C22H25N5O/c28-22(17-26-13-10-18(11-14-26)16-27-15-12-23-25-27)24-21-9-5-4-8-20(21)19-6-2-1-3-7-19/h1-9,12,15,18H,10-11,13-14,16-17H2,(H,24,28). The lowest BCUT2D eigenvalue weighted by Crippen LogP contribution is -2.40. The lowest BCUT2D eigenvalue weighted by molar-refractivity contribution is -0.117. The van der Waals surface area contributed by atoms with Crippen molar-refractivity contribution in [2.75, 3.05) is 25.0 Å². The minimum absolute atomic E-state index is 0.0399. The van der Waals surface area contributed by atoms with Gasteiger partial charge in [-0.2, -0.15) is 0 Å². The van der Waals surface area contributed by atoms with Gasteiger partial charge in [-0.3, -0.25) is 14.4 Å². The Kier molecular flexibility index (Phi) is 5.77. The number of likely N-dealkylation sites (tertiary alicyclic amines) is 1. The Hall–Kier alpha value is -2.99. The van der Waals surface area contributed by atoms with Crippen LogP contribution in [0, 0.1) is 5.92 Å². The molecular formula is C22H25N5O. The molecule has 0 spiro atoms. The van der Waals surface area contributed by atoms with Crippen molar-refractivity contribution >= 4 is 11.6 Å². The SMILES string of the molecule is O=C(CN1CCC(Cn2ccnn2)CC1)Nc1ccccc1-c1ccccc1. The maximum absolute atomic E-state index is 12.6. The first-order valence-corrected chi connectivity index (χ1v) is 9.79. The Morgan fingerprint density at radius 1 is 1.04 bits per heavy atom. The molecule has 2 aromatic carbocycles. The third kappa shape index (κ3) is 4.64. The summed E-state index contributed by atoms with van der Waals surface area (Å²) < 4.78 is 1.90. The van der Waals surface area contributed by atoms with Gasteiger partial charge in [0.1, 0.15) is 0 Å². The Morgan fingerprint density at radius 2 is 1.79 bits per heavy atom. The fourth-order valence-electron chi connectivity index (χ4n) is 3.78. The van der Waals surface area contributed by atoms with Gasteiger partial charge in [-0.1, -0.05) is 53.7 Å². The third-order valence-electron chi connectivity index (χ3n) is 5.28. The van der Waals surface area contributed by atoms with E-state index >= 15 is 0 Å². The zero-order chi connectivity index (χ0) is 19.2. The van der Waals surface area contributed by atoms with Gasteiger partial charge < -0.3 is 5.32 Å². The molecule has 1 fully saturated rings. The molecule has 1 aromatic heterocycles. The molecule has 28 heavy (non-hydrogen) atoms. The fourth-order valence-corrected chi connectivity index (χ4v) is 3.78. The molecule has 0 unspecified atom stereocenters. The third-order valence-corrected chi connectivity index (χ3v) is 5.28. The maximum Gasteiger partial charge on any atom is 0.238 e. The second kappa shape index (κ2) is 8.80. The molecule has 0 radical (unpaired) electrons. The van der Waals surface area contributed by atoms with Crippen molar-refractivity contribution in [1.82, 2.24) is 19.9 Å².